The Morgan fingerprint density at radius 3 is 2.41 bits per heavy atom. The molecule has 0 atom stereocenters. The SMILES string of the molecule is CS(=O)(=O)C1(c2ccc(OCCN3CCC4(CC3)C(=O)Nc3ccc(O)cc34)cc2)CC(O)C1. The lowest BCUT2D eigenvalue weighted by Gasteiger charge is -2.44. The van der Waals surface area contributed by atoms with Crippen molar-refractivity contribution in [1.29, 1.82) is 0 Å². The van der Waals surface area contributed by atoms with Crippen LogP contribution in [0.15, 0.2) is 42.5 Å². The molecule has 1 saturated heterocycles. The molecule has 5 rings (SSSR count). The highest BCUT2D eigenvalue weighted by Gasteiger charge is 2.53. The number of aromatic hydroxyl groups is 1. The molecule has 2 heterocycles. The zero-order chi connectivity index (χ0) is 24.1. The van der Waals surface area contributed by atoms with Crippen LogP contribution in [0.5, 0.6) is 11.5 Å². The summed E-state index contributed by atoms with van der Waals surface area (Å²) in [5.41, 5.74) is 1.79. The van der Waals surface area contributed by atoms with Crippen LogP contribution < -0.4 is 10.1 Å². The van der Waals surface area contributed by atoms with Crippen LogP contribution in [0, 0.1) is 0 Å². The first-order valence-electron chi connectivity index (χ1n) is 11.6. The zero-order valence-corrected chi connectivity index (χ0v) is 20.0. The third-order valence-electron chi connectivity index (χ3n) is 7.81. The third kappa shape index (κ3) is 3.76. The number of fused-ring (bicyclic) bond motifs is 2. The van der Waals surface area contributed by atoms with Crippen molar-refractivity contribution in [3.05, 3.63) is 53.6 Å². The van der Waals surface area contributed by atoms with E-state index < -0.39 is 26.1 Å². The van der Waals surface area contributed by atoms with E-state index in [0.717, 1.165) is 24.3 Å². The van der Waals surface area contributed by atoms with E-state index in [-0.39, 0.29) is 24.5 Å². The van der Waals surface area contributed by atoms with Crippen LogP contribution in [0.25, 0.3) is 0 Å². The van der Waals surface area contributed by atoms with Crippen LogP contribution in [0.3, 0.4) is 0 Å². The number of hydrogen-bond donors (Lipinski definition) is 3. The van der Waals surface area contributed by atoms with Crippen molar-refractivity contribution in [2.75, 3.05) is 37.8 Å². The first-order valence-corrected chi connectivity index (χ1v) is 13.5. The summed E-state index contributed by atoms with van der Waals surface area (Å²) >= 11 is 0. The summed E-state index contributed by atoms with van der Waals surface area (Å²) in [7, 11) is -3.34. The minimum absolute atomic E-state index is 0.00920. The predicted molar refractivity (Wildman–Crippen MR) is 128 cm³/mol. The molecule has 2 aromatic carbocycles. The standard InChI is InChI=1S/C25H30N2O6S/c1-34(31,32)25(15-19(29)16-25)17-2-5-20(6-3-17)33-13-12-27-10-8-24(9-11-27)21-14-18(28)4-7-22(21)26-23(24)30/h2-7,14,19,28-29H,8-13,15-16H2,1H3,(H,26,30). The number of nitrogens with zero attached hydrogens (tertiary/aromatic N) is 1. The Kier molecular flexibility index (Phi) is 5.61. The van der Waals surface area contributed by atoms with E-state index in [1.165, 1.54) is 6.26 Å². The highest BCUT2D eigenvalue weighted by atomic mass is 32.2. The second-order valence-electron chi connectivity index (χ2n) is 9.81. The Morgan fingerprint density at radius 1 is 1.12 bits per heavy atom. The highest BCUT2D eigenvalue weighted by Crippen LogP contribution is 2.48. The molecule has 182 valence electrons. The average molecular weight is 487 g/mol. The normalized spacial score (nSPS) is 26.1. The molecule has 1 saturated carbocycles. The minimum atomic E-state index is -3.34. The second kappa shape index (κ2) is 8.25. The summed E-state index contributed by atoms with van der Waals surface area (Å²) in [6, 6.07) is 12.2. The molecule has 1 spiro atoms. The number of ether oxygens (including phenoxy) is 1. The van der Waals surface area contributed by atoms with Crippen LogP contribution in [0.1, 0.15) is 36.8 Å². The van der Waals surface area contributed by atoms with E-state index in [2.05, 4.69) is 10.2 Å². The van der Waals surface area contributed by atoms with E-state index in [1.54, 1.807) is 42.5 Å². The van der Waals surface area contributed by atoms with Crippen LogP contribution in [-0.2, 0) is 24.8 Å². The molecule has 8 nitrogen and oxygen atoms in total. The number of sulfone groups is 1. The maximum atomic E-state index is 12.7. The summed E-state index contributed by atoms with van der Waals surface area (Å²) in [5, 5.41) is 22.6. The van der Waals surface area contributed by atoms with Gasteiger partial charge in [-0.1, -0.05) is 12.1 Å². The number of nitrogens with one attached hydrogen (secondary N) is 1. The summed E-state index contributed by atoms with van der Waals surface area (Å²) in [5.74, 6) is 0.850. The fraction of sp³-hybridized carbons (Fsp3) is 0.480. The van der Waals surface area contributed by atoms with Gasteiger partial charge in [0.25, 0.3) is 0 Å². The summed E-state index contributed by atoms with van der Waals surface area (Å²) < 4.78 is 29.5. The van der Waals surface area contributed by atoms with Gasteiger partial charge in [-0.25, -0.2) is 8.42 Å². The molecule has 2 fully saturated rings. The first-order chi connectivity index (χ1) is 16.1. The van der Waals surface area contributed by atoms with Crippen LogP contribution in [-0.4, -0.2) is 68.0 Å². The molecule has 0 unspecified atom stereocenters. The number of amides is 1. The van der Waals surface area contributed by atoms with Crippen LogP contribution in [0.2, 0.25) is 0 Å². The fourth-order valence-electron chi connectivity index (χ4n) is 5.66. The molecule has 1 aliphatic carbocycles. The number of hydrogen-bond acceptors (Lipinski definition) is 7. The van der Waals surface area contributed by atoms with Gasteiger partial charge in [0.1, 0.15) is 22.9 Å². The molecule has 3 N–H and O–H groups in total. The van der Waals surface area contributed by atoms with Crippen molar-refractivity contribution < 1.29 is 28.2 Å². The molecule has 0 bridgehead atoms. The van der Waals surface area contributed by atoms with E-state index in [1.807, 2.05) is 0 Å². The summed E-state index contributed by atoms with van der Waals surface area (Å²) in [4.78, 5) is 15.0. The van der Waals surface area contributed by atoms with E-state index in [4.69, 9.17) is 4.74 Å². The number of aliphatic hydroxyl groups is 1. The summed E-state index contributed by atoms with van der Waals surface area (Å²) in [6.07, 6.45) is 2.47. The topological polar surface area (TPSA) is 116 Å². The van der Waals surface area contributed by atoms with Crippen molar-refractivity contribution in [3.63, 3.8) is 0 Å². The lowest BCUT2D eigenvalue weighted by Crippen LogP contribution is -2.50. The second-order valence-corrected chi connectivity index (χ2v) is 12.1. The molecule has 0 radical (unpaired) electrons. The number of carbonyl (C=O) groups excluding carboxylic acids is 1. The van der Waals surface area contributed by atoms with Gasteiger partial charge < -0.3 is 20.3 Å². The van der Waals surface area contributed by atoms with Gasteiger partial charge in [0.15, 0.2) is 9.84 Å². The Labute approximate surface area is 199 Å². The van der Waals surface area contributed by atoms with E-state index in [0.29, 0.717) is 37.3 Å². The van der Waals surface area contributed by atoms with Gasteiger partial charge in [-0.15, -0.1) is 0 Å². The Morgan fingerprint density at radius 2 is 1.79 bits per heavy atom. The Balaban J connectivity index is 1.16. The molecule has 1 amide bonds. The Bertz CT molecular complexity index is 1200. The molecule has 3 aliphatic rings. The lowest BCUT2D eigenvalue weighted by atomic mass is 9.73. The molecule has 2 aromatic rings. The van der Waals surface area contributed by atoms with Gasteiger partial charge in [0, 0.05) is 18.5 Å². The van der Waals surface area contributed by atoms with Gasteiger partial charge in [-0.3, -0.25) is 9.69 Å². The number of aliphatic hydroxyl groups excluding tert-OH is 1. The van der Waals surface area contributed by atoms with Gasteiger partial charge in [-0.05, 0) is 80.2 Å². The molecular weight excluding hydrogens is 456 g/mol. The number of rotatable bonds is 6. The van der Waals surface area contributed by atoms with Crippen LogP contribution in [0.4, 0.5) is 5.69 Å². The minimum Gasteiger partial charge on any atom is -0.508 e. The third-order valence-corrected chi connectivity index (χ3v) is 9.80. The van der Waals surface area contributed by atoms with Crippen molar-refractivity contribution >= 4 is 21.4 Å². The van der Waals surface area contributed by atoms with Crippen molar-refractivity contribution in [2.24, 2.45) is 0 Å². The van der Waals surface area contributed by atoms with E-state index in [9.17, 15) is 23.4 Å². The molecule has 34 heavy (non-hydrogen) atoms. The first kappa shape index (κ1) is 23.1. The van der Waals surface area contributed by atoms with Gasteiger partial charge in [0.2, 0.25) is 5.91 Å². The molecule has 9 heteroatoms. The van der Waals surface area contributed by atoms with Gasteiger partial charge >= 0.3 is 0 Å². The number of likely N-dealkylation sites (tertiary alicyclic amines) is 1. The quantitative estimate of drug-likeness (QED) is 0.536. The van der Waals surface area contributed by atoms with Gasteiger partial charge in [-0.2, -0.15) is 0 Å². The highest BCUT2D eigenvalue weighted by molar-refractivity contribution is 7.91. The zero-order valence-electron chi connectivity index (χ0n) is 19.2. The number of phenols is 1. The largest absolute Gasteiger partial charge is 0.508 e. The smallest absolute Gasteiger partial charge is 0.235 e. The predicted octanol–water partition coefficient (Wildman–Crippen LogP) is 2.15. The number of piperidine rings is 1. The van der Waals surface area contributed by atoms with Gasteiger partial charge in [0.05, 0.1) is 11.5 Å². The van der Waals surface area contributed by atoms with Crippen LogP contribution >= 0.6 is 0 Å². The molecule has 2 aliphatic heterocycles. The average Bonchev–Trinajstić information content (AvgIpc) is 3.03. The number of anilines is 1. The van der Waals surface area contributed by atoms with Crippen molar-refractivity contribution in [1.82, 2.24) is 4.90 Å². The monoisotopic (exact) mass is 486 g/mol. The molecular formula is C25H30N2O6S. The number of benzene rings is 2. The van der Waals surface area contributed by atoms with E-state index >= 15 is 0 Å². The number of carbonyl (C=O) groups is 1. The molecule has 0 aromatic heterocycles. The van der Waals surface area contributed by atoms with Crippen molar-refractivity contribution in [3.8, 4) is 11.5 Å². The lowest BCUT2D eigenvalue weighted by molar-refractivity contribution is -0.122. The Hall–Kier alpha value is -2.62. The number of phenolic OH excluding ortho intramolecular Hbond substituents is 1. The maximum Gasteiger partial charge on any atom is 0.235 e. The fourth-order valence-corrected chi connectivity index (χ4v) is 7.21. The summed E-state index contributed by atoms with van der Waals surface area (Å²) in [6.45, 7) is 2.70. The van der Waals surface area contributed by atoms with Crippen molar-refractivity contribution in [2.45, 2.75) is 41.9 Å². The maximum absolute atomic E-state index is 12.7.